The highest BCUT2D eigenvalue weighted by Gasteiger charge is 2.30. The second-order valence-corrected chi connectivity index (χ2v) is 4.55. The van der Waals surface area contributed by atoms with Crippen LogP contribution in [0.4, 0.5) is 8.78 Å². The van der Waals surface area contributed by atoms with E-state index in [2.05, 4.69) is 5.32 Å². The predicted molar refractivity (Wildman–Crippen MR) is 65.8 cm³/mol. The van der Waals surface area contributed by atoms with Crippen molar-refractivity contribution < 1.29 is 18.7 Å². The molecule has 0 radical (unpaired) electrons. The van der Waals surface area contributed by atoms with Gasteiger partial charge in [0.1, 0.15) is 17.7 Å². The third-order valence-corrected chi connectivity index (χ3v) is 3.23. The van der Waals surface area contributed by atoms with Crippen molar-refractivity contribution in [2.45, 2.75) is 12.5 Å². The lowest BCUT2D eigenvalue weighted by Gasteiger charge is -2.27. The van der Waals surface area contributed by atoms with Crippen molar-refractivity contribution >= 4 is 5.97 Å². The molecule has 1 aromatic rings. The number of hydrogen-bond acceptors (Lipinski definition) is 3. The monoisotopic (exact) mass is 270 g/mol. The fourth-order valence-electron chi connectivity index (χ4n) is 2.33. The lowest BCUT2D eigenvalue weighted by atomic mass is 10.0. The Morgan fingerprint density at radius 2 is 2.11 bits per heavy atom. The number of carbonyl (C=O) groups is 1. The molecule has 2 rings (SSSR count). The van der Waals surface area contributed by atoms with Crippen molar-refractivity contribution in [3.05, 3.63) is 35.4 Å². The van der Waals surface area contributed by atoms with Crippen molar-refractivity contribution in [2.75, 3.05) is 26.2 Å². The van der Waals surface area contributed by atoms with Crippen LogP contribution in [0.15, 0.2) is 18.2 Å². The first-order chi connectivity index (χ1) is 9.09. The summed E-state index contributed by atoms with van der Waals surface area (Å²) in [6, 6.07) is 1.78. The van der Waals surface area contributed by atoms with Gasteiger partial charge in [-0.3, -0.25) is 9.69 Å². The number of benzene rings is 1. The van der Waals surface area contributed by atoms with Crippen LogP contribution in [0.25, 0.3) is 0 Å². The van der Waals surface area contributed by atoms with Crippen LogP contribution in [-0.4, -0.2) is 42.2 Å². The zero-order valence-corrected chi connectivity index (χ0v) is 10.4. The van der Waals surface area contributed by atoms with E-state index in [0.717, 1.165) is 31.2 Å². The van der Waals surface area contributed by atoms with Gasteiger partial charge in [0.2, 0.25) is 0 Å². The van der Waals surface area contributed by atoms with Gasteiger partial charge in [0.25, 0.3) is 0 Å². The second-order valence-electron chi connectivity index (χ2n) is 4.55. The summed E-state index contributed by atoms with van der Waals surface area (Å²) in [6.45, 7) is 2.47. The molecule has 1 fully saturated rings. The van der Waals surface area contributed by atoms with Crippen molar-refractivity contribution in [3.63, 3.8) is 0 Å². The molecule has 19 heavy (non-hydrogen) atoms. The first-order valence-electron chi connectivity index (χ1n) is 6.22. The maximum Gasteiger partial charge on any atom is 0.325 e. The summed E-state index contributed by atoms with van der Waals surface area (Å²) in [5, 5.41) is 12.5. The van der Waals surface area contributed by atoms with Crippen LogP contribution in [0.3, 0.4) is 0 Å². The third-order valence-electron chi connectivity index (χ3n) is 3.23. The smallest absolute Gasteiger partial charge is 0.325 e. The topological polar surface area (TPSA) is 52.6 Å². The SMILES string of the molecule is O=C(O)C(c1cc(F)ccc1F)N1CCCNCC1. The molecule has 0 bridgehead atoms. The summed E-state index contributed by atoms with van der Waals surface area (Å²) >= 11 is 0. The van der Waals surface area contributed by atoms with E-state index in [0.29, 0.717) is 19.6 Å². The molecule has 0 spiro atoms. The van der Waals surface area contributed by atoms with Gasteiger partial charge in [0, 0.05) is 25.2 Å². The van der Waals surface area contributed by atoms with E-state index in [-0.39, 0.29) is 5.56 Å². The minimum atomic E-state index is -1.16. The molecule has 0 saturated carbocycles. The average molecular weight is 270 g/mol. The van der Waals surface area contributed by atoms with Gasteiger partial charge in [-0.15, -0.1) is 0 Å². The fraction of sp³-hybridized carbons (Fsp3) is 0.462. The molecule has 6 heteroatoms. The summed E-state index contributed by atoms with van der Waals surface area (Å²) in [5.74, 6) is -2.48. The van der Waals surface area contributed by atoms with Gasteiger partial charge in [-0.05, 0) is 31.2 Å². The molecule has 1 atom stereocenters. The molecule has 1 aromatic carbocycles. The second kappa shape index (κ2) is 6.08. The quantitative estimate of drug-likeness (QED) is 0.871. The molecule has 0 amide bonds. The lowest BCUT2D eigenvalue weighted by molar-refractivity contribution is -0.143. The largest absolute Gasteiger partial charge is 0.480 e. The van der Waals surface area contributed by atoms with Crippen LogP contribution in [0.2, 0.25) is 0 Å². The molecule has 1 saturated heterocycles. The summed E-state index contributed by atoms with van der Waals surface area (Å²) in [5.41, 5.74) is -0.116. The molecule has 0 aromatic heterocycles. The predicted octanol–water partition coefficient (Wildman–Crippen LogP) is 1.39. The zero-order chi connectivity index (χ0) is 13.8. The number of nitrogens with zero attached hydrogens (tertiary/aromatic N) is 1. The fourth-order valence-corrected chi connectivity index (χ4v) is 2.33. The van der Waals surface area contributed by atoms with Gasteiger partial charge in [0.05, 0.1) is 0 Å². The Morgan fingerprint density at radius 3 is 2.84 bits per heavy atom. The standard InChI is InChI=1S/C13H16F2N2O2/c14-9-2-3-11(15)10(8-9)12(13(18)19)17-6-1-4-16-5-7-17/h2-3,8,12,16H,1,4-7H2,(H,18,19). The van der Waals surface area contributed by atoms with Crippen molar-refractivity contribution in [1.82, 2.24) is 10.2 Å². The minimum absolute atomic E-state index is 0.116. The number of aliphatic carboxylic acids is 1. The lowest BCUT2D eigenvalue weighted by Crippen LogP contribution is -2.37. The van der Waals surface area contributed by atoms with E-state index in [9.17, 15) is 18.7 Å². The Balaban J connectivity index is 2.33. The Labute approximate surface area is 110 Å². The van der Waals surface area contributed by atoms with Crippen molar-refractivity contribution in [1.29, 1.82) is 0 Å². The van der Waals surface area contributed by atoms with Gasteiger partial charge >= 0.3 is 5.97 Å². The van der Waals surface area contributed by atoms with Gasteiger partial charge < -0.3 is 10.4 Å². The van der Waals surface area contributed by atoms with E-state index in [1.165, 1.54) is 0 Å². The molecular formula is C13H16F2N2O2. The van der Waals surface area contributed by atoms with Crippen LogP contribution < -0.4 is 5.32 Å². The van der Waals surface area contributed by atoms with Gasteiger partial charge in [-0.25, -0.2) is 8.78 Å². The molecular weight excluding hydrogens is 254 g/mol. The van der Waals surface area contributed by atoms with E-state index < -0.39 is 23.6 Å². The maximum atomic E-state index is 13.8. The van der Waals surface area contributed by atoms with Crippen molar-refractivity contribution in [2.24, 2.45) is 0 Å². The number of rotatable bonds is 3. The number of carboxylic acids is 1. The number of hydrogen-bond donors (Lipinski definition) is 2. The molecule has 2 N–H and O–H groups in total. The van der Waals surface area contributed by atoms with E-state index in [1.807, 2.05) is 0 Å². The van der Waals surface area contributed by atoms with Crippen LogP contribution in [0.1, 0.15) is 18.0 Å². The molecule has 1 heterocycles. The van der Waals surface area contributed by atoms with E-state index >= 15 is 0 Å². The zero-order valence-electron chi connectivity index (χ0n) is 10.4. The highest BCUT2D eigenvalue weighted by Crippen LogP contribution is 2.25. The Morgan fingerprint density at radius 1 is 1.32 bits per heavy atom. The van der Waals surface area contributed by atoms with E-state index in [4.69, 9.17) is 0 Å². The highest BCUT2D eigenvalue weighted by atomic mass is 19.1. The molecule has 4 nitrogen and oxygen atoms in total. The summed E-state index contributed by atoms with van der Waals surface area (Å²) in [7, 11) is 0. The summed E-state index contributed by atoms with van der Waals surface area (Å²) < 4.78 is 27.0. The molecule has 104 valence electrons. The Bertz CT molecular complexity index is 460. The van der Waals surface area contributed by atoms with Gasteiger partial charge in [0.15, 0.2) is 0 Å². The van der Waals surface area contributed by atoms with Crippen molar-refractivity contribution in [3.8, 4) is 0 Å². The first-order valence-corrected chi connectivity index (χ1v) is 6.22. The highest BCUT2D eigenvalue weighted by molar-refractivity contribution is 5.75. The third kappa shape index (κ3) is 3.27. The molecule has 1 unspecified atom stereocenters. The number of carboxylic acid groups (broad SMARTS) is 1. The number of halogens is 2. The minimum Gasteiger partial charge on any atom is -0.480 e. The van der Waals surface area contributed by atoms with Gasteiger partial charge in [-0.1, -0.05) is 0 Å². The summed E-state index contributed by atoms with van der Waals surface area (Å²) in [4.78, 5) is 13.1. The molecule has 0 aliphatic carbocycles. The summed E-state index contributed by atoms with van der Waals surface area (Å²) in [6.07, 6.45) is 0.778. The molecule has 1 aliphatic rings. The average Bonchev–Trinajstić information content (AvgIpc) is 2.62. The van der Waals surface area contributed by atoms with Crippen LogP contribution in [0, 0.1) is 11.6 Å². The van der Waals surface area contributed by atoms with Crippen LogP contribution in [0.5, 0.6) is 0 Å². The van der Waals surface area contributed by atoms with Crippen LogP contribution >= 0.6 is 0 Å². The normalized spacial score (nSPS) is 18.8. The first kappa shape index (κ1) is 13.9. The van der Waals surface area contributed by atoms with Crippen LogP contribution in [-0.2, 0) is 4.79 Å². The van der Waals surface area contributed by atoms with Gasteiger partial charge in [-0.2, -0.15) is 0 Å². The Kier molecular flexibility index (Phi) is 4.44. The molecule has 1 aliphatic heterocycles. The Hall–Kier alpha value is -1.53. The number of nitrogens with one attached hydrogen (secondary N) is 1. The maximum absolute atomic E-state index is 13.8. The van der Waals surface area contributed by atoms with E-state index in [1.54, 1.807) is 4.90 Å².